The third kappa shape index (κ3) is 3.40. The van der Waals surface area contributed by atoms with Crippen molar-refractivity contribution >= 4 is 38.9 Å². The first-order valence-corrected chi connectivity index (χ1v) is 8.27. The van der Waals surface area contributed by atoms with Crippen LogP contribution < -0.4 is 5.32 Å². The number of aryl methyl sites for hydroxylation is 2. The van der Waals surface area contributed by atoms with Crippen LogP contribution in [0.1, 0.15) is 34.5 Å². The number of thiophene rings is 1. The van der Waals surface area contributed by atoms with Crippen molar-refractivity contribution in [3.63, 3.8) is 0 Å². The highest BCUT2D eigenvalue weighted by atomic mass is 79.9. The molecule has 0 aliphatic heterocycles. The van der Waals surface area contributed by atoms with Crippen molar-refractivity contribution in [1.82, 2.24) is 5.32 Å². The quantitative estimate of drug-likeness (QED) is 0.763. The normalized spacial score (nSPS) is 12.7. The average molecular weight is 359 g/mol. The van der Waals surface area contributed by atoms with Crippen LogP contribution in [0.25, 0.3) is 0 Å². The molecule has 0 saturated carbocycles. The van der Waals surface area contributed by atoms with Crippen molar-refractivity contribution in [3.05, 3.63) is 54.6 Å². The van der Waals surface area contributed by atoms with E-state index in [1.54, 1.807) is 11.3 Å². The van der Waals surface area contributed by atoms with Crippen molar-refractivity contribution in [2.45, 2.75) is 26.8 Å². The molecule has 1 aromatic heterocycles. The maximum Gasteiger partial charge on any atom is 0.0888 e. The summed E-state index contributed by atoms with van der Waals surface area (Å²) < 4.78 is 0.996. The molecule has 1 atom stereocenters. The fraction of sp³-hybridized carbons (Fsp3) is 0.333. The number of nitrogens with one attached hydrogen (secondary N) is 1. The van der Waals surface area contributed by atoms with E-state index in [2.05, 4.69) is 60.2 Å². The molecule has 0 saturated heterocycles. The number of hydrogen-bond donors (Lipinski definition) is 1. The molecule has 2 rings (SSSR count). The summed E-state index contributed by atoms with van der Waals surface area (Å²) in [5.74, 6) is 0. The number of rotatable bonds is 4. The predicted molar refractivity (Wildman–Crippen MR) is 88.5 cm³/mol. The summed E-state index contributed by atoms with van der Waals surface area (Å²) in [6.07, 6.45) is 0. The summed E-state index contributed by atoms with van der Waals surface area (Å²) in [7, 11) is 0. The van der Waals surface area contributed by atoms with Gasteiger partial charge in [0, 0.05) is 4.88 Å². The molecule has 1 N–H and O–H groups in total. The van der Waals surface area contributed by atoms with Gasteiger partial charge in [-0.2, -0.15) is 0 Å². The zero-order valence-corrected chi connectivity index (χ0v) is 14.4. The first-order chi connectivity index (χ1) is 9.02. The molecule has 1 aromatic carbocycles. The zero-order valence-electron chi connectivity index (χ0n) is 11.3. The lowest BCUT2D eigenvalue weighted by Gasteiger charge is -2.18. The van der Waals surface area contributed by atoms with Crippen LogP contribution in [0.5, 0.6) is 0 Å². The van der Waals surface area contributed by atoms with Crippen LogP contribution in [-0.4, -0.2) is 6.54 Å². The molecule has 0 radical (unpaired) electrons. The topological polar surface area (TPSA) is 12.0 Å². The van der Waals surface area contributed by atoms with Crippen LogP contribution in [-0.2, 0) is 0 Å². The van der Waals surface area contributed by atoms with E-state index in [9.17, 15) is 0 Å². The van der Waals surface area contributed by atoms with Gasteiger partial charge in [-0.1, -0.05) is 36.7 Å². The molecule has 1 unspecified atom stereocenters. The van der Waals surface area contributed by atoms with Crippen molar-refractivity contribution in [2.24, 2.45) is 0 Å². The van der Waals surface area contributed by atoms with Gasteiger partial charge in [0.25, 0.3) is 0 Å². The summed E-state index contributed by atoms with van der Waals surface area (Å²) in [6.45, 7) is 7.34. The van der Waals surface area contributed by atoms with Crippen LogP contribution in [0.4, 0.5) is 0 Å². The van der Waals surface area contributed by atoms with E-state index < -0.39 is 0 Å². The molecule has 2 aromatic rings. The fourth-order valence-corrected chi connectivity index (χ4v) is 3.89. The molecule has 0 amide bonds. The maximum absolute atomic E-state index is 6.15. The van der Waals surface area contributed by atoms with Crippen LogP contribution in [0.3, 0.4) is 0 Å². The minimum atomic E-state index is 0.207. The largest absolute Gasteiger partial charge is 0.306 e. The second-order valence-corrected chi connectivity index (χ2v) is 7.41. The Morgan fingerprint density at radius 1 is 1.26 bits per heavy atom. The van der Waals surface area contributed by atoms with Crippen molar-refractivity contribution in [3.8, 4) is 0 Å². The lowest BCUT2D eigenvalue weighted by molar-refractivity contribution is 0.639. The molecule has 0 fully saturated rings. The van der Waals surface area contributed by atoms with Crippen LogP contribution in [0, 0.1) is 13.8 Å². The van der Waals surface area contributed by atoms with Gasteiger partial charge in [0.15, 0.2) is 0 Å². The first kappa shape index (κ1) is 15.0. The standard InChI is InChI=1S/C15H17BrClNS/c1-4-18-14(13-8-12(17)15(16)19-13)11-6-5-9(2)10(3)7-11/h5-8,14,18H,4H2,1-3H3. The Kier molecular flexibility index (Phi) is 5.07. The third-order valence-electron chi connectivity index (χ3n) is 3.22. The fourth-order valence-electron chi connectivity index (χ4n) is 2.04. The van der Waals surface area contributed by atoms with Crippen LogP contribution in [0.15, 0.2) is 28.1 Å². The van der Waals surface area contributed by atoms with E-state index in [1.807, 2.05) is 6.07 Å². The minimum Gasteiger partial charge on any atom is -0.306 e. The Bertz CT molecular complexity index is 560. The SMILES string of the molecule is CCNC(c1ccc(C)c(C)c1)c1cc(Cl)c(Br)s1. The highest BCUT2D eigenvalue weighted by Gasteiger charge is 2.17. The van der Waals surface area contributed by atoms with Crippen LogP contribution in [0.2, 0.25) is 5.02 Å². The van der Waals surface area contributed by atoms with Gasteiger partial charge in [-0.15, -0.1) is 11.3 Å². The van der Waals surface area contributed by atoms with E-state index in [1.165, 1.54) is 21.6 Å². The zero-order chi connectivity index (χ0) is 14.0. The molecule has 1 nitrogen and oxygen atoms in total. The van der Waals surface area contributed by atoms with Gasteiger partial charge in [-0.05, 0) is 59.1 Å². The van der Waals surface area contributed by atoms with E-state index >= 15 is 0 Å². The molecule has 0 bridgehead atoms. The van der Waals surface area contributed by atoms with E-state index in [-0.39, 0.29) is 6.04 Å². The second kappa shape index (κ2) is 6.40. The highest BCUT2D eigenvalue weighted by molar-refractivity contribution is 9.11. The Hall–Kier alpha value is -0.350. The maximum atomic E-state index is 6.15. The molecule has 1 heterocycles. The van der Waals surface area contributed by atoms with Gasteiger partial charge >= 0.3 is 0 Å². The van der Waals surface area contributed by atoms with Crippen LogP contribution >= 0.6 is 38.9 Å². The molecule has 0 aliphatic carbocycles. The Labute approximate surface area is 132 Å². The highest BCUT2D eigenvalue weighted by Crippen LogP contribution is 2.37. The van der Waals surface area contributed by atoms with E-state index in [4.69, 9.17) is 11.6 Å². The predicted octanol–water partition coefficient (Wildman–Crippen LogP) is 5.48. The van der Waals surface area contributed by atoms with Gasteiger partial charge < -0.3 is 5.32 Å². The minimum absolute atomic E-state index is 0.207. The lowest BCUT2D eigenvalue weighted by Crippen LogP contribution is -2.21. The average Bonchev–Trinajstić information content (AvgIpc) is 2.70. The first-order valence-electron chi connectivity index (χ1n) is 6.28. The molecular weight excluding hydrogens is 342 g/mol. The summed E-state index contributed by atoms with van der Waals surface area (Å²) in [4.78, 5) is 1.24. The smallest absolute Gasteiger partial charge is 0.0888 e. The Morgan fingerprint density at radius 3 is 2.53 bits per heavy atom. The Balaban J connectivity index is 2.41. The van der Waals surface area contributed by atoms with Gasteiger partial charge in [-0.25, -0.2) is 0 Å². The molecule has 19 heavy (non-hydrogen) atoms. The Morgan fingerprint density at radius 2 is 2.00 bits per heavy atom. The van der Waals surface area contributed by atoms with Gasteiger partial charge in [0.05, 0.1) is 14.9 Å². The monoisotopic (exact) mass is 357 g/mol. The number of halogens is 2. The molecule has 4 heteroatoms. The van der Waals surface area contributed by atoms with Crippen molar-refractivity contribution in [1.29, 1.82) is 0 Å². The molecular formula is C15H17BrClNS. The second-order valence-electron chi connectivity index (χ2n) is 4.60. The number of benzene rings is 1. The summed E-state index contributed by atoms with van der Waals surface area (Å²) in [6, 6.07) is 8.87. The van der Waals surface area contributed by atoms with E-state index in [0.29, 0.717) is 0 Å². The summed E-state index contributed by atoms with van der Waals surface area (Å²) in [5.41, 5.74) is 3.93. The summed E-state index contributed by atoms with van der Waals surface area (Å²) in [5, 5.41) is 4.32. The van der Waals surface area contributed by atoms with Crippen molar-refractivity contribution in [2.75, 3.05) is 6.54 Å². The van der Waals surface area contributed by atoms with Gasteiger partial charge in [0.1, 0.15) is 0 Å². The summed E-state index contributed by atoms with van der Waals surface area (Å²) >= 11 is 11.3. The molecule has 0 aliphatic rings. The van der Waals surface area contributed by atoms with Crippen molar-refractivity contribution < 1.29 is 0 Å². The van der Waals surface area contributed by atoms with E-state index in [0.717, 1.165) is 15.4 Å². The van der Waals surface area contributed by atoms with Gasteiger partial charge in [0.2, 0.25) is 0 Å². The number of hydrogen-bond acceptors (Lipinski definition) is 2. The lowest BCUT2D eigenvalue weighted by atomic mass is 10.00. The molecule has 102 valence electrons. The van der Waals surface area contributed by atoms with Gasteiger partial charge in [-0.3, -0.25) is 0 Å². The third-order valence-corrected chi connectivity index (χ3v) is 5.76. The molecule has 0 spiro atoms.